The molecule has 7 heteroatoms. The summed E-state index contributed by atoms with van der Waals surface area (Å²) < 4.78 is 0. The average Bonchev–Trinajstić information content (AvgIpc) is 2.78. The Kier molecular flexibility index (Phi) is 7.00. The highest BCUT2D eigenvalue weighted by Gasteiger charge is 2.11. The number of amides is 2. The zero-order valence-corrected chi connectivity index (χ0v) is 12.7. The van der Waals surface area contributed by atoms with Crippen LogP contribution in [0.3, 0.4) is 0 Å². The number of urea groups is 1. The van der Waals surface area contributed by atoms with Crippen molar-refractivity contribution >= 4 is 23.3 Å². The highest BCUT2D eigenvalue weighted by Crippen LogP contribution is 2.14. The maximum atomic E-state index is 11.8. The topological polar surface area (TPSA) is 82.5 Å². The number of carbonyl (C=O) groups excluding carboxylic acids is 1. The molecule has 1 rings (SSSR count). The lowest BCUT2D eigenvalue weighted by Gasteiger charge is -2.17. The fraction of sp³-hybridized carbons (Fsp3) is 0.615. The van der Waals surface area contributed by atoms with Gasteiger partial charge < -0.3 is 15.3 Å². The Labute approximate surface area is 122 Å². The number of hydrogen-bond acceptors (Lipinski definition) is 4. The van der Waals surface area contributed by atoms with Crippen LogP contribution in [0.4, 0.5) is 4.79 Å². The summed E-state index contributed by atoms with van der Waals surface area (Å²) in [4.78, 5) is 29.0. The largest absolute Gasteiger partial charge is 0.481 e. The van der Waals surface area contributed by atoms with Crippen molar-refractivity contribution in [3.8, 4) is 0 Å². The van der Waals surface area contributed by atoms with Crippen LogP contribution < -0.4 is 5.32 Å². The van der Waals surface area contributed by atoms with Gasteiger partial charge in [0.25, 0.3) is 0 Å². The van der Waals surface area contributed by atoms with E-state index in [4.69, 9.17) is 5.11 Å². The molecule has 1 aromatic heterocycles. The van der Waals surface area contributed by atoms with Gasteiger partial charge in [-0.1, -0.05) is 6.42 Å². The van der Waals surface area contributed by atoms with E-state index in [1.165, 1.54) is 0 Å². The van der Waals surface area contributed by atoms with Crippen molar-refractivity contribution in [3.05, 3.63) is 16.1 Å². The molecule has 0 spiro atoms. The third-order valence-corrected chi connectivity index (χ3v) is 3.84. The quantitative estimate of drug-likeness (QED) is 0.721. The van der Waals surface area contributed by atoms with Gasteiger partial charge in [-0.3, -0.25) is 4.79 Å². The van der Waals surface area contributed by atoms with Crippen molar-refractivity contribution in [2.24, 2.45) is 0 Å². The smallest absolute Gasteiger partial charge is 0.317 e. The molecule has 0 fully saturated rings. The van der Waals surface area contributed by atoms with Gasteiger partial charge in [0, 0.05) is 24.9 Å². The van der Waals surface area contributed by atoms with Crippen molar-refractivity contribution in [2.45, 2.75) is 39.2 Å². The van der Waals surface area contributed by atoms with Crippen molar-refractivity contribution in [3.63, 3.8) is 0 Å². The van der Waals surface area contributed by atoms with E-state index in [1.807, 2.05) is 6.92 Å². The Morgan fingerprint density at radius 3 is 2.75 bits per heavy atom. The number of nitrogens with zero attached hydrogens (tertiary/aromatic N) is 2. The minimum Gasteiger partial charge on any atom is -0.481 e. The summed E-state index contributed by atoms with van der Waals surface area (Å²) in [6.07, 6.45) is 2.45. The minimum absolute atomic E-state index is 0.115. The fourth-order valence-electron chi connectivity index (χ4n) is 1.67. The zero-order chi connectivity index (χ0) is 15.0. The number of hydrogen-bond donors (Lipinski definition) is 2. The van der Waals surface area contributed by atoms with Gasteiger partial charge in [0.2, 0.25) is 0 Å². The number of thiazole rings is 1. The molecule has 0 aliphatic rings. The molecule has 0 aliphatic carbocycles. The normalized spacial score (nSPS) is 10.3. The number of aliphatic carboxylic acids is 1. The molecule has 2 N–H and O–H groups in total. The van der Waals surface area contributed by atoms with Gasteiger partial charge >= 0.3 is 12.0 Å². The van der Waals surface area contributed by atoms with Crippen molar-refractivity contribution in [1.29, 1.82) is 0 Å². The van der Waals surface area contributed by atoms with Crippen LogP contribution in [0.5, 0.6) is 0 Å². The third kappa shape index (κ3) is 6.01. The third-order valence-electron chi connectivity index (χ3n) is 2.92. The molecule has 112 valence electrons. The maximum absolute atomic E-state index is 11.8. The lowest BCUT2D eigenvalue weighted by atomic mass is 10.2. The molecule has 0 bridgehead atoms. The zero-order valence-electron chi connectivity index (χ0n) is 11.9. The van der Waals surface area contributed by atoms with Gasteiger partial charge in [0.15, 0.2) is 0 Å². The monoisotopic (exact) mass is 299 g/mol. The van der Waals surface area contributed by atoms with Crippen LogP contribution in [0.1, 0.15) is 36.3 Å². The number of aromatic nitrogens is 1. The first-order chi connectivity index (χ1) is 9.50. The van der Waals surface area contributed by atoms with Gasteiger partial charge in [-0.15, -0.1) is 11.3 Å². The number of carboxylic acid groups (broad SMARTS) is 1. The summed E-state index contributed by atoms with van der Waals surface area (Å²) in [5, 5.41) is 11.3. The Balaban J connectivity index is 2.16. The fourth-order valence-corrected chi connectivity index (χ4v) is 2.50. The van der Waals surface area contributed by atoms with Gasteiger partial charge in [0.1, 0.15) is 0 Å². The first kappa shape index (κ1) is 16.4. The predicted molar refractivity (Wildman–Crippen MR) is 77.8 cm³/mol. The molecule has 20 heavy (non-hydrogen) atoms. The molecule has 6 nitrogen and oxygen atoms in total. The van der Waals surface area contributed by atoms with Crippen LogP contribution in [0.15, 0.2) is 5.51 Å². The number of carbonyl (C=O) groups is 2. The van der Waals surface area contributed by atoms with E-state index >= 15 is 0 Å². The molecule has 2 amide bonds. The molecule has 0 aromatic carbocycles. The minimum atomic E-state index is -0.770. The maximum Gasteiger partial charge on any atom is 0.317 e. The van der Waals surface area contributed by atoms with E-state index in [2.05, 4.69) is 10.3 Å². The number of rotatable bonds is 8. The van der Waals surface area contributed by atoms with Gasteiger partial charge in [0.05, 0.1) is 17.7 Å². The molecule has 0 saturated carbocycles. The van der Waals surface area contributed by atoms with Crippen molar-refractivity contribution in [2.75, 3.05) is 13.6 Å². The number of unbranched alkanes of at least 4 members (excludes halogenated alkanes) is 2. The Hall–Kier alpha value is -1.63. The summed E-state index contributed by atoms with van der Waals surface area (Å²) in [5.74, 6) is -0.770. The Morgan fingerprint density at radius 1 is 1.40 bits per heavy atom. The molecule has 0 saturated heterocycles. The van der Waals surface area contributed by atoms with E-state index in [0.29, 0.717) is 19.5 Å². The molecule has 1 aromatic rings. The van der Waals surface area contributed by atoms with Crippen LogP contribution in [-0.4, -0.2) is 40.6 Å². The predicted octanol–water partition coefficient (Wildman–Crippen LogP) is 2.24. The van der Waals surface area contributed by atoms with Gasteiger partial charge in [-0.25, -0.2) is 9.78 Å². The second kappa shape index (κ2) is 8.52. The van der Waals surface area contributed by atoms with Crippen LogP contribution >= 0.6 is 11.3 Å². The lowest BCUT2D eigenvalue weighted by Crippen LogP contribution is -2.37. The highest BCUT2D eigenvalue weighted by molar-refractivity contribution is 7.09. The summed E-state index contributed by atoms with van der Waals surface area (Å²) in [7, 11) is 1.75. The van der Waals surface area contributed by atoms with Gasteiger partial charge in [-0.05, 0) is 19.8 Å². The average molecular weight is 299 g/mol. The highest BCUT2D eigenvalue weighted by atomic mass is 32.1. The Morgan fingerprint density at radius 2 is 2.15 bits per heavy atom. The summed E-state index contributed by atoms with van der Waals surface area (Å²) in [5.41, 5.74) is 2.74. The van der Waals surface area contributed by atoms with Crippen molar-refractivity contribution < 1.29 is 14.7 Å². The molecular weight excluding hydrogens is 278 g/mol. The van der Waals surface area contributed by atoms with Crippen LogP contribution in [-0.2, 0) is 11.3 Å². The summed E-state index contributed by atoms with van der Waals surface area (Å²) >= 11 is 1.54. The van der Waals surface area contributed by atoms with Gasteiger partial charge in [-0.2, -0.15) is 0 Å². The van der Waals surface area contributed by atoms with E-state index in [9.17, 15) is 9.59 Å². The first-order valence-corrected chi connectivity index (χ1v) is 7.48. The lowest BCUT2D eigenvalue weighted by molar-refractivity contribution is -0.137. The first-order valence-electron chi connectivity index (χ1n) is 6.60. The van der Waals surface area contributed by atoms with Crippen LogP contribution in [0.25, 0.3) is 0 Å². The van der Waals surface area contributed by atoms with Crippen LogP contribution in [0, 0.1) is 6.92 Å². The molecule has 0 atom stereocenters. The van der Waals surface area contributed by atoms with Crippen molar-refractivity contribution in [1.82, 2.24) is 15.2 Å². The number of aryl methyl sites for hydroxylation is 1. The number of carboxylic acids is 1. The molecular formula is C13H21N3O3S. The SMILES string of the molecule is Cc1ncsc1CN(C)C(=O)NCCCCCC(=O)O. The summed E-state index contributed by atoms with van der Waals surface area (Å²) in [6, 6.07) is -0.115. The van der Waals surface area contributed by atoms with Crippen LogP contribution in [0.2, 0.25) is 0 Å². The van der Waals surface area contributed by atoms with E-state index < -0.39 is 5.97 Å². The van der Waals surface area contributed by atoms with E-state index in [-0.39, 0.29) is 12.5 Å². The Bertz CT molecular complexity index is 448. The van der Waals surface area contributed by atoms with E-state index in [1.54, 1.807) is 28.8 Å². The molecule has 0 aliphatic heterocycles. The second-order valence-corrected chi connectivity index (χ2v) is 5.59. The molecule has 0 unspecified atom stereocenters. The number of nitrogens with one attached hydrogen (secondary N) is 1. The molecule has 1 heterocycles. The molecule has 0 radical (unpaired) electrons. The standard InChI is InChI=1S/C13H21N3O3S/c1-10-11(20-9-15-10)8-16(2)13(19)14-7-5-3-4-6-12(17)18/h9H,3-8H2,1-2H3,(H,14,19)(H,17,18). The summed E-state index contributed by atoms with van der Waals surface area (Å²) in [6.45, 7) is 3.06. The second-order valence-electron chi connectivity index (χ2n) is 4.65. The van der Waals surface area contributed by atoms with E-state index in [0.717, 1.165) is 23.4 Å².